The molecule has 0 spiro atoms. The van der Waals surface area contributed by atoms with Crippen LogP contribution in [0.2, 0.25) is 0 Å². The molecule has 0 radical (unpaired) electrons. The molecule has 1 heterocycles. The van der Waals surface area contributed by atoms with Crippen molar-refractivity contribution in [2.75, 3.05) is 25.9 Å². The first kappa shape index (κ1) is 16.6. The van der Waals surface area contributed by atoms with Gasteiger partial charge in [0.25, 0.3) is 0 Å². The van der Waals surface area contributed by atoms with E-state index in [2.05, 4.69) is 0 Å². The van der Waals surface area contributed by atoms with Crippen molar-refractivity contribution >= 4 is 28.3 Å². The summed E-state index contributed by atoms with van der Waals surface area (Å²) in [5.41, 5.74) is 5.51. The van der Waals surface area contributed by atoms with E-state index in [0.29, 0.717) is 19.6 Å². The lowest BCUT2D eigenvalue weighted by molar-refractivity contribution is -0.134. The highest BCUT2D eigenvalue weighted by Gasteiger charge is 2.32. The summed E-state index contributed by atoms with van der Waals surface area (Å²) in [6.07, 6.45) is 1.19. The Morgan fingerprint density at radius 2 is 1.94 bits per heavy atom. The Hall–Kier alpha value is -0.370. The number of halogens is 1. The van der Waals surface area contributed by atoms with Crippen LogP contribution in [0.1, 0.15) is 13.8 Å². The molecule has 1 amide bonds. The summed E-state index contributed by atoms with van der Waals surface area (Å²) in [5, 5.41) is 0. The maximum absolute atomic E-state index is 11.6. The van der Waals surface area contributed by atoms with Crippen LogP contribution in [0.4, 0.5) is 0 Å². The molecule has 1 fully saturated rings. The number of nitrogens with zero attached hydrogens (tertiary/aromatic N) is 2. The van der Waals surface area contributed by atoms with Crippen LogP contribution in [0.3, 0.4) is 0 Å². The topological polar surface area (TPSA) is 83.7 Å². The van der Waals surface area contributed by atoms with Crippen LogP contribution < -0.4 is 5.73 Å². The minimum atomic E-state index is -3.18. The minimum Gasteiger partial charge on any atom is -0.338 e. The zero-order valence-corrected chi connectivity index (χ0v) is 11.9. The number of sulfonamides is 1. The molecule has 6 nitrogen and oxygen atoms in total. The molecule has 17 heavy (non-hydrogen) atoms. The second-order valence-electron chi connectivity index (χ2n) is 4.30. The van der Waals surface area contributed by atoms with Crippen LogP contribution in [0.15, 0.2) is 0 Å². The first-order chi connectivity index (χ1) is 7.23. The van der Waals surface area contributed by atoms with E-state index in [1.807, 2.05) is 0 Å². The van der Waals surface area contributed by atoms with Crippen molar-refractivity contribution in [3.05, 3.63) is 0 Å². The minimum absolute atomic E-state index is 0. The molecular formula is C9H20ClN3O3S. The standard InChI is InChI=1S/C9H19N3O3S.ClH/c1-7-6-11(9(13)8(2)10)4-5-12(7)16(3,14)15;/h7-8H,4-6,10H2,1-3H3;1H/t7-,8?;/m0./s1. The predicted octanol–water partition coefficient (Wildman–Crippen LogP) is -0.752. The summed E-state index contributed by atoms with van der Waals surface area (Å²) in [6.45, 7) is 4.60. The van der Waals surface area contributed by atoms with E-state index >= 15 is 0 Å². The SMILES string of the molecule is CC(N)C(=O)N1CCN(S(C)(=O)=O)[C@@H](C)C1.Cl. The van der Waals surface area contributed by atoms with E-state index in [0.717, 1.165) is 0 Å². The number of rotatable bonds is 2. The van der Waals surface area contributed by atoms with Crippen molar-refractivity contribution in [3.8, 4) is 0 Å². The maximum Gasteiger partial charge on any atom is 0.239 e. The van der Waals surface area contributed by atoms with Gasteiger partial charge in [0.15, 0.2) is 0 Å². The number of carbonyl (C=O) groups is 1. The van der Waals surface area contributed by atoms with Crippen molar-refractivity contribution < 1.29 is 13.2 Å². The summed E-state index contributed by atoms with van der Waals surface area (Å²) in [6, 6.07) is -0.719. The third kappa shape index (κ3) is 4.09. The lowest BCUT2D eigenvalue weighted by Crippen LogP contribution is -2.57. The van der Waals surface area contributed by atoms with Crippen LogP contribution in [0, 0.1) is 0 Å². The van der Waals surface area contributed by atoms with Gasteiger partial charge in [0.2, 0.25) is 15.9 Å². The Bertz CT molecular complexity index is 372. The van der Waals surface area contributed by atoms with Gasteiger partial charge in [-0.3, -0.25) is 4.79 Å². The van der Waals surface area contributed by atoms with E-state index < -0.39 is 16.1 Å². The van der Waals surface area contributed by atoms with Gasteiger partial charge in [-0.05, 0) is 13.8 Å². The summed E-state index contributed by atoms with van der Waals surface area (Å²) < 4.78 is 24.2. The molecule has 1 saturated heterocycles. The normalized spacial score (nSPS) is 24.0. The molecule has 1 aliphatic heterocycles. The van der Waals surface area contributed by atoms with Crippen molar-refractivity contribution in [1.82, 2.24) is 9.21 Å². The molecule has 1 unspecified atom stereocenters. The Balaban J connectivity index is 0.00000256. The number of amides is 1. The molecule has 2 N–H and O–H groups in total. The van der Waals surface area contributed by atoms with Gasteiger partial charge in [-0.1, -0.05) is 0 Å². The number of hydrogen-bond acceptors (Lipinski definition) is 4. The number of hydrogen-bond donors (Lipinski definition) is 1. The number of piperazine rings is 1. The van der Waals surface area contributed by atoms with Crippen molar-refractivity contribution in [2.45, 2.75) is 25.9 Å². The van der Waals surface area contributed by atoms with E-state index in [9.17, 15) is 13.2 Å². The maximum atomic E-state index is 11.6. The molecule has 0 bridgehead atoms. The van der Waals surface area contributed by atoms with E-state index in [4.69, 9.17) is 5.73 Å². The molecule has 1 aliphatic rings. The first-order valence-corrected chi connectivity index (χ1v) is 7.09. The van der Waals surface area contributed by atoms with Gasteiger partial charge in [0.1, 0.15) is 0 Å². The summed E-state index contributed by atoms with van der Waals surface area (Å²) in [5.74, 6) is -0.125. The van der Waals surface area contributed by atoms with Crippen molar-refractivity contribution in [1.29, 1.82) is 0 Å². The van der Waals surface area contributed by atoms with Crippen LogP contribution in [-0.4, -0.2) is 61.5 Å². The van der Waals surface area contributed by atoms with E-state index in [1.54, 1.807) is 18.7 Å². The molecule has 102 valence electrons. The fraction of sp³-hybridized carbons (Fsp3) is 0.889. The van der Waals surface area contributed by atoms with Crippen molar-refractivity contribution in [3.63, 3.8) is 0 Å². The second kappa shape index (κ2) is 5.99. The van der Waals surface area contributed by atoms with Crippen LogP contribution >= 0.6 is 12.4 Å². The lowest BCUT2D eigenvalue weighted by atomic mass is 10.2. The lowest BCUT2D eigenvalue weighted by Gasteiger charge is -2.38. The molecule has 8 heteroatoms. The molecule has 0 aromatic carbocycles. The van der Waals surface area contributed by atoms with E-state index in [-0.39, 0.29) is 24.4 Å². The molecule has 0 aromatic rings. The van der Waals surface area contributed by atoms with E-state index in [1.165, 1.54) is 10.6 Å². The Morgan fingerprint density at radius 1 is 1.41 bits per heavy atom. The van der Waals surface area contributed by atoms with Crippen molar-refractivity contribution in [2.24, 2.45) is 5.73 Å². The van der Waals surface area contributed by atoms with Gasteiger partial charge < -0.3 is 10.6 Å². The molecule has 2 atom stereocenters. The predicted molar refractivity (Wildman–Crippen MR) is 68.5 cm³/mol. The quantitative estimate of drug-likeness (QED) is 0.723. The van der Waals surface area contributed by atoms with Gasteiger partial charge in [-0.2, -0.15) is 4.31 Å². The Labute approximate surface area is 109 Å². The third-order valence-electron chi connectivity index (χ3n) is 2.69. The van der Waals surface area contributed by atoms with Crippen LogP contribution in [-0.2, 0) is 14.8 Å². The highest BCUT2D eigenvalue weighted by molar-refractivity contribution is 7.88. The van der Waals surface area contributed by atoms with Gasteiger partial charge in [-0.15, -0.1) is 12.4 Å². The average molecular weight is 286 g/mol. The molecule has 0 aromatic heterocycles. The highest BCUT2D eigenvalue weighted by atomic mass is 35.5. The number of carbonyl (C=O) groups excluding carboxylic acids is 1. The smallest absolute Gasteiger partial charge is 0.239 e. The zero-order chi connectivity index (χ0) is 12.5. The van der Waals surface area contributed by atoms with Gasteiger partial charge in [0.05, 0.1) is 12.3 Å². The Morgan fingerprint density at radius 3 is 2.29 bits per heavy atom. The van der Waals surface area contributed by atoms with Gasteiger partial charge >= 0.3 is 0 Å². The highest BCUT2D eigenvalue weighted by Crippen LogP contribution is 2.13. The second-order valence-corrected chi connectivity index (χ2v) is 6.23. The van der Waals surface area contributed by atoms with Crippen LogP contribution in [0.5, 0.6) is 0 Å². The molecule has 0 saturated carbocycles. The summed E-state index contributed by atoms with van der Waals surface area (Å²) in [7, 11) is -3.18. The van der Waals surface area contributed by atoms with Crippen LogP contribution in [0.25, 0.3) is 0 Å². The average Bonchev–Trinajstić information content (AvgIpc) is 2.14. The molecule has 0 aliphatic carbocycles. The number of nitrogens with two attached hydrogens (primary N) is 1. The van der Waals surface area contributed by atoms with Gasteiger partial charge in [-0.25, -0.2) is 8.42 Å². The molecule has 1 rings (SSSR count). The zero-order valence-electron chi connectivity index (χ0n) is 10.3. The fourth-order valence-electron chi connectivity index (χ4n) is 1.92. The monoisotopic (exact) mass is 285 g/mol. The fourth-order valence-corrected chi connectivity index (χ4v) is 3.06. The summed E-state index contributed by atoms with van der Waals surface area (Å²) >= 11 is 0. The molecular weight excluding hydrogens is 266 g/mol. The first-order valence-electron chi connectivity index (χ1n) is 5.24. The third-order valence-corrected chi connectivity index (χ3v) is 4.09. The van der Waals surface area contributed by atoms with Gasteiger partial charge in [0, 0.05) is 25.7 Å². The largest absolute Gasteiger partial charge is 0.338 e. The summed E-state index contributed by atoms with van der Waals surface area (Å²) in [4.78, 5) is 13.3. The Kier molecular flexibility index (Phi) is 5.86.